The minimum atomic E-state index is -0.497. The van der Waals surface area contributed by atoms with E-state index in [0.29, 0.717) is 24.4 Å². The topological polar surface area (TPSA) is 63.1 Å². The van der Waals surface area contributed by atoms with E-state index in [2.05, 4.69) is 24.0 Å². The number of aromatic amines is 1. The third-order valence-electron chi connectivity index (χ3n) is 4.20. The summed E-state index contributed by atoms with van der Waals surface area (Å²) in [5.41, 5.74) is 0.995. The van der Waals surface area contributed by atoms with E-state index in [1.807, 2.05) is 34.9 Å². The van der Waals surface area contributed by atoms with Gasteiger partial charge in [0.15, 0.2) is 4.77 Å². The fourth-order valence-electron chi connectivity index (χ4n) is 2.97. The first-order valence-corrected chi connectivity index (χ1v) is 9.56. The number of H-pyrrole nitrogens is 1. The maximum absolute atomic E-state index is 10.4. The van der Waals surface area contributed by atoms with Crippen molar-refractivity contribution in [2.24, 2.45) is 0 Å². The van der Waals surface area contributed by atoms with E-state index in [9.17, 15) is 5.11 Å². The van der Waals surface area contributed by atoms with Crippen molar-refractivity contribution in [3.63, 3.8) is 0 Å². The molecule has 25 heavy (non-hydrogen) atoms. The molecule has 1 aromatic heterocycles. The maximum Gasteiger partial charge on any atom is 0.199 e. The van der Waals surface area contributed by atoms with Crippen LogP contribution in [-0.4, -0.2) is 39.2 Å². The summed E-state index contributed by atoms with van der Waals surface area (Å²) < 4.78 is 8.06. The van der Waals surface area contributed by atoms with Crippen LogP contribution in [0.1, 0.15) is 57.7 Å². The highest BCUT2D eigenvalue weighted by Gasteiger charge is 2.22. The lowest BCUT2D eigenvalue weighted by Gasteiger charge is -2.20. The van der Waals surface area contributed by atoms with E-state index in [0.717, 1.165) is 37.2 Å². The largest absolute Gasteiger partial charge is 0.391 e. The Bertz CT molecular complexity index is 669. The summed E-state index contributed by atoms with van der Waals surface area (Å²) in [5.74, 6) is 1.02. The Morgan fingerprint density at radius 1 is 1.24 bits per heavy atom. The molecule has 0 amide bonds. The Morgan fingerprint density at radius 3 is 2.68 bits per heavy atom. The molecule has 5 nitrogen and oxygen atoms in total. The predicted molar refractivity (Wildman–Crippen MR) is 103 cm³/mol. The SMILES string of the molecule is CCCC[C@H](C[C@@H](O)COCCC)c1n[nH]c(=S)n1-c1ccccc1. The zero-order valence-electron chi connectivity index (χ0n) is 15.1. The van der Waals surface area contributed by atoms with Crippen LogP contribution in [0.5, 0.6) is 0 Å². The van der Waals surface area contributed by atoms with Crippen LogP contribution in [-0.2, 0) is 4.74 Å². The number of unbranched alkanes of at least 4 members (excludes halogenated alkanes) is 1. The van der Waals surface area contributed by atoms with E-state index in [-0.39, 0.29) is 5.92 Å². The first-order chi connectivity index (χ1) is 12.2. The van der Waals surface area contributed by atoms with Gasteiger partial charge in [0.2, 0.25) is 0 Å². The van der Waals surface area contributed by atoms with Gasteiger partial charge in [-0.2, -0.15) is 5.10 Å². The minimum Gasteiger partial charge on any atom is -0.391 e. The van der Waals surface area contributed by atoms with Gasteiger partial charge in [-0.3, -0.25) is 9.67 Å². The summed E-state index contributed by atoms with van der Waals surface area (Å²) in [6.45, 7) is 5.28. The predicted octanol–water partition coefficient (Wildman–Crippen LogP) is 4.38. The van der Waals surface area contributed by atoms with Crippen LogP contribution < -0.4 is 0 Å². The number of ether oxygens (including phenoxy) is 1. The second-order valence-corrected chi connectivity index (χ2v) is 6.75. The standard InChI is InChI=1S/C19H29N3O2S/c1-3-5-9-15(13-17(23)14-24-12-4-2)18-20-21-19(25)22(18)16-10-7-6-8-11-16/h6-8,10-11,15,17,23H,3-5,9,12-14H2,1-2H3,(H,21,25)/t15-,17-/m1/s1. The molecule has 1 heterocycles. The molecule has 2 rings (SSSR count). The molecule has 0 aliphatic rings. The molecule has 0 radical (unpaired) electrons. The lowest BCUT2D eigenvalue weighted by molar-refractivity contribution is 0.0281. The fraction of sp³-hybridized carbons (Fsp3) is 0.579. The summed E-state index contributed by atoms with van der Waals surface area (Å²) in [6.07, 6.45) is 4.24. The number of nitrogens with one attached hydrogen (secondary N) is 1. The lowest BCUT2D eigenvalue weighted by atomic mass is 9.94. The molecule has 0 saturated heterocycles. The summed E-state index contributed by atoms with van der Waals surface area (Å²) in [6, 6.07) is 10.00. The van der Waals surface area contributed by atoms with Gasteiger partial charge in [0.25, 0.3) is 0 Å². The van der Waals surface area contributed by atoms with Crippen LogP contribution in [0, 0.1) is 4.77 Å². The zero-order chi connectivity index (χ0) is 18.1. The van der Waals surface area contributed by atoms with Crippen LogP contribution in [0.2, 0.25) is 0 Å². The second-order valence-electron chi connectivity index (χ2n) is 6.36. The molecule has 2 N–H and O–H groups in total. The quantitative estimate of drug-likeness (QED) is 0.459. The molecule has 6 heteroatoms. The smallest absolute Gasteiger partial charge is 0.199 e. The molecule has 0 bridgehead atoms. The number of aliphatic hydroxyl groups excluding tert-OH is 1. The van der Waals surface area contributed by atoms with Crippen molar-refractivity contribution in [2.75, 3.05) is 13.2 Å². The van der Waals surface area contributed by atoms with Crippen molar-refractivity contribution < 1.29 is 9.84 Å². The zero-order valence-corrected chi connectivity index (χ0v) is 16.0. The van der Waals surface area contributed by atoms with Crippen molar-refractivity contribution in [2.45, 2.75) is 58.0 Å². The first kappa shape index (κ1) is 19.8. The van der Waals surface area contributed by atoms with Gasteiger partial charge in [0.1, 0.15) is 5.82 Å². The molecular weight excluding hydrogens is 334 g/mol. The number of benzene rings is 1. The average Bonchev–Trinajstić information content (AvgIpc) is 3.01. The van der Waals surface area contributed by atoms with Gasteiger partial charge in [0, 0.05) is 18.2 Å². The third kappa shape index (κ3) is 5.76. The molecule has 138 valence electrons. The number of para-hydroxylation sites is 1. The highest BCUT2D eigenvalue weighted by Crippen LogP contribution is 2.28. The molecule has 0 fully saturated rings. The highest BCUT2D eigenvalue weighted by molar-refractivity contribution is 7.71. The van der Waals surface area contributed by atoms with Crippen molar-refractivity contribution in [1.29, 1.82) is 0 Å². The van der Waals surface area contributed by atoms with E-state index >= 15 is 0 Å². The monoisotopic (exact) mass is 363 g/mol. The van der Waals surface area contributed by atoms with Crippen LogP contribution >= 0.6 is 12.2 Å². The number of nitrogens with zero attached hydrogens (tertiary/aromatic N) is 2. The van der Waals surface area contributed by atoms with Crippen molar-refractivity contribution >= 4 is 12.2 Å². The van der Waals surface area contributed by atoms with E-state index < -0.39 is 6.10 Å². The second kappa shape index (κ2) is 10.5. The van der Waals surface area contributed by atoms with E-state index in [1.54, 1.807) is 0 Å². The fourth-order valence-corrected chi connectivity index (χ4v) is 3.22. The summed E-state index contributed by atoms with van der Waals surface area (Å²) in [7, 11) is 0. The molecule has 0 unspecified atom stereocenters. The Labute approximate surface area is 155 Å². The van der Waals surface area contributed by atoms with Gasteiger partial charge in [-0.25, -0.2) is 0 Å². The van der Waals surface area contributed by atoms with Gasteiger partial charge in [0.05, 0.1) is 12.7 Å². The van der Waals surface area contributed by atoms with Gasteiger partial charge in [-0.05, 0) is 43.6 Å². The molecule has 1 aromatic carbocycles. The van der Waals surface area contributed by atoms with Crippen LogP contribution in [0.25, 0.3) is 5.69 Å². The van der Waals surface area contributed by atoms with Gasteiger partial charge < -0.3 is 9.84 Å². The van der Waals surface area contributed by atoms with Crippen molar-refractivity contribution in [3.05, 3.63) is 40.9 Å². The third-order valence-corrected chi connectivity index (χ3v) is 4.47. The van der Waals surface area contributed by atoms with Crippen molar-refractivity contribution in [1.82, 2.24) is 14.8 Å². The Kier molecular flexibility index (Phi) is 8.31. The average molecular weight is 364 g/mol. The molecule has 0 saturated carbocycles. The molecular formula is C19H29N3O2S. The molecule has 0 aliphatic carbocycles. The van der Waals surface area contributed by atoms with Crippen LogP contribution in [0.4, 0.5) is 0 Å². The van der Waals surface area contributed by atoms with Gasteiger partial charge in [-0.1, -0.05) is 44.9 Å². The number of hydrogen-bond donors (Lipinski definition) is 2. The van der Waals surface area contributed by atoms with Gasteiger partial charge in [-0.15, -0.1) is 0 Å². The Balaban J connectivity index is 2.22. The Morgan fingerprint density at radius 2 is 2.00 bits per heavy atom. The highest BCUT2D eigenvalue weighted by atomic mass is 32.1. The minimum absolute atomic E-state index is 0.133. The molecule has 2 atom stereocenters. The summed E-state index contributed by atoms with van der Waals surface area (Å²) in [4.78, 5) is 0. The lowest BCUT2D eigenvalue weighted by Crippen LogP contribution is -2.21. The maximum atomic E-state index is 10.4. The van der Waals surface area contributed by atoms with Crippen molar-refractivity contribution in [3.8, 4) is 5.69 Å². The summed E-state index contributed by atoms with van der Waals surface area (Å²) >= 11 is 5.44. The summed E-state index contributed by atoms with van der Waals surface area (Å²) in [5, 5.41) is 17.8. The number of aromatic nitrogens is 3. The molecule has 2 aromatic rings. The van der Waals surface area contributed by atoms with E-state index in [1.165, 1.54) is 0 Å². The van der Waals surface area contributed by atoms with Gasteiger partial charge >= 0.3 is 0 Å². The normalized spacial score (nSPS) is 13.7. The molecule has 0 spiro atoms. The van der Waals surface area contributed by atoms with Crippen LogP contribution in [0.3, 0.4) is 0 Å². The van der Waals surface area contributed by atoms with Crippen LogP contribution in [0.15, 0.2) is 30.3 Å². The Hall–Kier alpha value is -1.50. The number of rotatable bonds is 11. The molecule has 0 aliphatic heterocycles. The number of aliphatic hydroxyl groups is 1. The van der Waals surface area contributed by atoms with E-state index in [4.69, 9.17) is 17.0 Å². The number of hydrogen-bond acceptors (Lipinski definition) is 4. The first-order valence-electron chi connectivity index (χ1n) is 9.15.